The summed E-state index contributed by atoms with van der Waals surface area (Å²) in [4.78, 5) is 4.51. The zero-order valence-electron chi connectivity index (χ0n) is 31.0. The largest absolute Gasteiger partial charge is 0.383 e. The van der Waals surface area contributed by atoms with E-state index in [1.165, 1.54) is 16.7 Å². The molecule has 1 aliphatic carbocycles. The molecule has 53 heavy (non-hydrogen) atoms. The molecule has 0 atom stereocenters. The molecule has 3 N–H and O–H groups in total. The Bertz CT molecular complexity index is 2470. The molecule has 0 unspecified atom stereocenters. The molecule has 0 heterocycles. The van der Waals surface area contributed by atoms with Crippen molar-refractivity contribution in [3.8, 4) is 39.4 Å². The van der Waals surface area contributed by atoms with Crippen molar-refractivity contribution in [2.24, 2.45) is 10.7 Å². The molecule has 4 heteroatoms. The summed E-state index contributed by atoms with van der Waals surface area (Å²) in [6.07, 6.45) is 0. The number of amidine groups is 2. The molecule has 0 saturated carbocycles. The molecule has 1 aliphatic rings. The molecule has 7 aromatic rings. The molecule has 8 rings (SSSR count). The van der Waals surface area contributed by atoms with Gasteiger partial charge in [0.1, 0.15) is 5.84 Å². The number of hydrogen-bond donors (Lipinski definition) is 2. The van der Waals surface area contributed by atoms with E-state index in [4.69, 9.17) is 11.1 Å². The highest BCUT2D eigenvalue weighted by Gasteiger charge is 2.37. The first-order valence-corrected chi connectivity index (χ1v) is 18.1. The van der Waals surface area contributed by atoms with Crippen LogP contribution in [0.4, 0.5) is 0 Å². The minimum absolute atomic E-state index is 0.126. The Morgan fingerprint density at radius 2 is 1.21 bits per heavy atom. The number of nitrogens with one attached hydrogen (secondary N) is 1. The average molecular weight is 689 g/mol. The maximum absolute atomic E-state index is 9.78. The van der Waals surface area contributed by atoms with Crippen LogP contribution in [0.15, 0.2) is 163 Å². The Morgan fingerprint density at radius 3 is 1.83 bits per heavy atom. The molecule has 0 spiro atoms. The summed E-state index contributed by atoms with van der Waals surface area (Å²) in [6.45, 7) is 10.5. The second-order valence-electron chi connectivity index (χ2n) is 13.4. The Morgan fingerprint density at radius 1 is 0.623 bits per heavy atom. The predicted molar refractivity (Wildman–Crippen MR) is 224 cm³/mol. The van der Waals surface area contributed by atoms with Crippen LogP contribution < -0.4 is 5.73 Å². The van der Waals surface area contributed by atoms with Gasteiger partial charge < -0.3 is 5.73 Å². The Balaban J connectivity index is 0.000000475. The van der Waals surface area contributed by atoms with Crippen LogP contribution in [-0.2, 0) is 5.41 Å². The van der Waals surface area contributed by atoms with E-state index >= 15 is 0 Å². The highest BCUT2D eigenvalue weighted by molar-refractivity contribution is 6.14. The van der Waals surface area contributed by atoms with Gasteiger partial charge in [0.05, 0.1) is 11.6 Å². The topological polar surface area (TPSA) is 86.0 Å². The van der Waals surface area contributed by atoms with Gasteiger partial charge in [-0.3, -0.25) is 5.41 Å². The molecule has 0 amide bonds. The number of aryl methyl sites for hydroxylation is 1. The number of fused-ring (bicyclic) bond motifs is 4. The van der Waals surface area contributed by atoms with E-state index < -0.39 is 0 Å². The van der Waals surface area contributed by atoms with Crippen molar-refractivity contribution >= 4 is 22.4 Å². The van der Waals surface area contributed by atoms with Crippen molar-refractivity contribution in [3.05, 3.63) is 191 Å². The highest BCUT2D eigenvalue weighted by Crippen LogP contribution is 2.50. The summed E-state index contributed by atoms with van der Waals surface area (Å²) in [5.74, 6) is 0.432. The van der Waals surface area contributed by atoms with Gasteiger partial charge >= 0.3 is 0 Å². The summed E-state index contributed by atoms with van der Waals surface area (Å²) < 4.78 is 0. The van der Waals surface area contributed by atoms with Gasteiger partial charge in [0, 0.05) is 22.1 Å². The van der Waals surface area contributed by atoms with Gasteiger partial charge in [-0.2, -0.15) is 5.26 Å². The first-order valence-electron chi connectivity index (χ1n) is 18.1. The lowest BCUT2D eigenvalue weighted by Gasteiger charge is -2.22. The third kappa shape index (κ3) is 7.42. The van der Waals surface area contributed by atoms with Crippen LogP contribution in [0, 0.1) is 23.7 Å². The third-order valence-corrected chi connectivity index (χ3v) is 9.73. The lowest BCUT2D eigenvalue weighted by atomic mass is 9.81. The quantitative estimate of drug-likeness (QED) is 0.142. The van der Waals surface area contributed by atoms with Crippen molar-refractivity contribution in [2.45, 2.75) is 40.0 Å². The molecule has 0 fully saturated rings. The molecule has 0 aliphatic heterocycles. The zero-order chi connectivity index (χ0) is 37.5. The van der Waals surface area contributed by atoms with Crippen molar-refractivity contribution < 1.29 is 0 Å². The maximum Gasteiger partial charge on any atom is 0.154 e. The Hall–Kier alpha value is -6.57. The first kappa shape index (κ1) is 36.2. The van der Waals surface area contributed by atoms with Crippen LogP contribution in [0.3, 0.4) is 0 Å². The number of nitrogens with two attached hydrogens (primary N) is 1. The van der Waals surface area contributed by atoms with Gasteiger partial charge in [-0.05, 0) is 80.9 Å². The second kappa shape index (κ2) is 15.8. The van der Waals surface area contributed by atoms with E-state index in [0.29, 0.717) is 11.4 Å². The molecular weight excluding hydrogens is 645 g/mol. The normalized spacial score (nSPS) is 12.3. The van der Waals surface area contributed by atoms with E-state index in [1.54, 1.807) is 0 Å². The van der Waals surface area contributed by atoms with Crippen LogP contribution in [0.2, 0.25) is 0 Å². The summed E-state index contributed by atoms with van der Waals surface area (Å²) in [7, 11) is 0. The fourth-order valence-electron chi connectivity index (χ4n) is 6.97. The average Bonchev–Trinajstić information content (AvgIpc) is 3.44. The van der Waals surface area contributed by atoms with Gasteiger partial charge in [-0.15, -0.1) is 0 Å². The summed E-state index contributed by atoms with van der Waals surface area (Å²) >= 11 is 0. The lowest BCUT2D eigenvalue weighted by Crippen LogP contribution is -2.17. The molecule has 260 valence electrons. The zero-order valence-corrected chi connectivity index (χ0v) is 31.0. The number of nitrogens with zero attached hydrogens (tertiary/aromatic N) is 2. The standard InChI is InChI=1S/C40H30N4.C7H8.C2H6/c1-40(2)35-14-8-13-31(24-41)37(35)32-20-19-30(23-36(32)40)25-15-17-26(18-16-25)33-21-28-11-6-7-12-29(28)22-34(33)39(43)44-38(42)27-9-4-3-5-10-27;1-7-5-3-2-4-6-7;1-2/h3-23H,1-2H3,(H3,42,43,44);2-6H,1H3;1-2H3. The van der Waals surface area contributed by atoms with Crippen molar-refractivity contribution in [2.75, 3.05) is 0 Å². The van der Waals surface area contributed by atoms with Crippen LogP contribution in [0.5, 0.6) is 0 Å². The smallest absolute Gasteiger partial charge is 0.154 e. The minimum Gasteiger partial charge on any atom is -0.383 e. The fraction of sp³-hybridized carbons (Fsp3) is 0.122. The van der Waals surface area contributed by atoms with E-state index in [1.807, 2.05) is 86.6 Å². The van der Waals surface area contributed by atoms with Crippen molar-refractivity contribution in [1.82, 2.24) is 0 Å². The van der Waals surface area contributed by atoms with E-state index in [0.717, 1.165) is 55.3 Å². The molecule has 7 aromatic carbocycles. The number of hydrogen-bond acceptors (Lipinski definition) is 2. The van der Waals surface area contributed by atoms with Gasteiger partial charge in [0.2, 0.25) is 0 Å². The van der Waals surface area contributed by atoms with Crippen LogP contribution in [-0.4, -0.2) is 11.7 Å². The van der Waals surface area contributed by atoms with Gasteiger partial charge in [-0.1, -0.05) is 167 Å². The molecular formula is C49H44N4. The first-order chi connectivity index (χ1) is 25.7. The number of rotatable bonds is 4. The Labute approximate surface area is 313 Å². The minimum atomic E-state index is -0.197. The molecule has 4 nitrogen and oxygen atoms in total. The number of aliphatic imine (C=N–C) groups is 1. The van der Waals surface area contributed by atoms with E-state index in [2.05, 4.69) is 117 Å². The fourth-order valence-corrected chi connectivity index (χ4v) is 6.97. The monoisotopic (exact) mass is 688 g/mol. The second-order valence-corrected chi connectivity index (χ2v) is 13.4. The van der Waals surface area contributed by atoms with E-state index in [-0.39, 0.29) is 11.3 Å². The molecule has 0 aromatic heterocycles. The van der Waals surface area contributed by atoms with Gasteiger partial charge in [0.15, 0.2) is 5.84 Å². The van der Waals surface area contributed by atoms with Gasteiger partial charge in [0.25, 0.3) is 0 Å². The molecule has 0 radical (unpaired) electrons. The molecule has 0 saturated heterocycles. The highest BCUT2D eigenvalue weighted by atomic mass is 14.9. The number of nitriles is 1. The summed E-state index contributed by atoms with van der Waals surface area (Å²) in [5.41, 5.74) is 18.8. The van der Waals surface area contributed by atoms with Crippen LogP contribution in [0.25, 0.3) is 44.2 Å². The molecule has 0 bridgehead atoms. The van der Waals surface area contributed by atoms with Crippen LogP contribution in [0.1, 0.15) is 61.1 Å². The number of benzene rings is 7. The SMILES string of the molecule is CC.CC1(C)c2cc(-c3ccc(-c4cc5ccccc5cc4C(N)=NC(=N)c4ccccc4)cc3)ccc2-c2c(C#N)cccc21.Cc1ccccc1. The summed E-state index contributed by atoms with van der Waals surface area (Å²) in [5, 5.41) is 20.5. The predicted octanol–water partition coefficient (Wildman–Crippen LogP) is 12.1. The third-order valence-electron chi connectivity index (χ3n) is 9.73. The summed E-state index contributed by atoms with van der Waals surface area (Å²) in [6, 6.07) is 55.6. The van der Waals surface area contributed by atoms with Crippen LogP contribution >= 0.6 is 0 Å². The Kier molecular flexibility index (Phi) is 10.8. The van der Waals surface area contributed by atoms with Crippen molar-refractivity contribution in [1.29, 1.82) is 10.7 Å². The lowest BCUT2D eigenvalue weighted by molar-refractivity contribution is 0.660. The van der Waals surface area contributed by atoms with E-state index in [9.17, 15) is 5.26 Å². The van der Waals surface area contributed by atoms with Gasteiger partial charge in [-0.25, -0.2) is 4.99 Å². The maximum atomic E-state index is 9.78. The van der Waals surface area contributed by atoms with Crippen molar-refractivity contribution in [3.63, 3.8) is 0 Å².